The molecule has 0 radical (unpaired) electrons. The first-order chi connectivity index (χ1) is 15.5. The minimum atomic E-state index is 0.0126. The number of ether oxygens (including phenoxy) is 1. The fourth-order valence-corrected chi connectivity index (χ4v) is 5.03. The number of hydrogen-bond donors (Lipinski definition) is 0. The molecule has 2 aliphatic rings. The molecule has 3 heterocycles. The molecular weight excluding hydrogens is 404 g/mol. The van der Waals surface area contributed by atoms with Gasteiger partial charge in [-0.05, 0) is 49.1 Å². The van der Waals surface area contributed by atoms with Gasteiger partial charge in [0.25, 0.3) is 5.91 Å². The molecule has 0 N–H and O–H groups in total. The van der Waals surface area contributed by atoms with Crippen molar-refractivity contribution in [3.63, 3.8) is 0 Å². The highest BCUT2D eigenvalue weighted by molar-refractivity contribution is 5.77. The maximum Gasteiger partial charge on any atom is 0.260 e. The van der Waals surface area contributed by atoms with Gasteiger partial charge in [-0.3, -0.25) is 9.59 Å². The van der Waals surface area contributed by atoms with E-state index in [9.17, 15) is 9.59 Å². The van der Waals surface area contributed by atoms with Crippen molar-refractivity contribution in [1.29, 1.82) is 0 Å². The number of para-hydroxylation sites is 1. The Morgan fingerprint density at radius 1 is 1.16 bits per heavy atom. The van der Waals surface area contributed by atoms with Crippen LogP contribution in [0, 0.1) is 5.41 Å². The molecule has 2 aliphatic heterocycles. The van der Waals surface area contributed by atoms with Gasteiger partial charge in [0.15, 0.2) is 6.61 Å². The zero-order valence-electron chi connectivity index (χ0n) is 19.0. The topological polar surface area (TPSA) is 67.7 Å². The number of likely N-dealkylation sites (N-methyl/N-ethyl adjacent to an activating group) is 1. The first kappa shape index (κ1) is 22.4. The highest BCUT2D eigenvalue weighted by Crippen LogP contribution is 2.38. The van der Waals surface area contributed by atoms with Crippen molar-refractivity contribution in [2.75, 3.05) is 33.3 Å². The molecule has 0 aliphatic carbocycles. The number of carbonyl (C=O) groups excluding carboxylic acids is 2. The van der Waals surface area contributed by atoms with Gasteiger partial charge >= 0.3 is 0 Å². The Kier molecular flexibility index (Phi) is 7.12. The van der Waals surface area contributed by atoms with Crippen molar-refractivity contribution in [3.05, 3.63) is 48.5 Å². The lowest BCUT2D eigenvalue weighted by molar-refractivity contribution is -0.137. The summed E-state index contributed by atoms with van der Waals surface area (Å²) in [5, 5.41) is 0. The number of rotatable bonds is 3. The summed E-state index contributed by atoms with van der Waals surface area (Å²) in [7, 11) is 1.88. The molecule has 2 amide bonds. The number of imidazole rings is 1. The first-order valence-corrected chi connectivity index (χ1v) is 11.7. The van der Waals surface area contributed by atoms with Crippen molar-refractivity contribution >= 4 is 11.8 Å². The van der Waals surface area contributed by atoms with Crippen molar-refractivity contribution in [2.24, 2.45) is 5.41 Å². The molecule has 7 nitrogen and oxygen atoms in total. The molecule has 0 bridgehead atoms. The van der Waals surface area contributed by atoms with E-state index in [2.05, 4.69) is 11.1 Å². The quantitative estimate of drug-likeness (QED) is 0.738. The summed E-state index contributed by atoms with van der Waals surface area (Å²) in [5.74, 6) is 1.04. The molecule has 1 spiro atoms. The SMILES string of the molecule is CN1CC2(CCCCc3ccccc3OCC1=O)CCN(C(=O)CCn1ccnc1)CC2. The standard InChI is InChI=1S/C25H34N4O3/c1-27-19-25(10-5-4-7-21-6-2-3-8-22(21)32-18-24(27)31)11-15-29(16-12-25)23(30)9-14-28-17-13-26-20-28/h2-3,6,8,13,17,20H,4-5,7,9-12,14-16,18-19H2,1H3. The number of hydrogen-bond acceptors (Lipinski definition) is 4. The third-order valence-electron chi connectivity index (χ3n) is 7.05. The number of fused-ring (bicyclic) bond motifs is 1. The fraction of sp³-hybridized carbons (Fsp3) is 0.560. The van der Waals surface area contributed by atoms with E-state index in [4.69, 9.17) is 4.74 Å². The number of aromatic nitrogens is 2. The summed E-state index contributed by atoms with van der Waals surface area (Å²) in [6.07, 6.45) is 12.0. The number of piperidine rings is 1. The van der Waals surface area contributed by atoms with Gasteiger partial charge in [-0.25, -0.2) is 4.98 Å². The molecule has 0 unspecified atom stereocenters. The van der Waals surface area contributed by atoms with Crippen LogP contribution in [0.15, 0.2) is 43.0 Å². The van der Waals surface area contributed by atoms with Crippen molar-refractivity contribution in [3.8, 4) is 5.75 Å². The summed E-state index contributed by atoms with van der Waals surface area (Å²) >= 11 is 0. The molecule has 1 fully saturated rings. The average molecular weight is 439 g/mol. The summed E-state index contributed by atoms with van der Waals surface area (Å²) < 4.78 is 7.82. The van der Waals surface area contributed by atoms with Crippen LogP contribution in [0.2, 0.25) is 0 Å². The summed E-state index contributed by atoms with van der Waals surface area (Å²) in [6.45, 7) is 3.00. The Bertz CT molecular complexity index is 904. The molecular formula is C25H34N4O3. The number of nitrogens with zero attached hydrogens (tertiary/aromatic N) is 4. The van der Waals surface area contributed by atoms with Crippen LogP contribution < -0.4 is 4.74 Å². The van der Waals surface area contributed by atoms with Gasteiger partial charge in [0, 0.05) is 52.0 Å². The summed E-state index contributed by atoms with van der Waals surface area (Å²) in [4.78, 5) is 33.4. The lowest BCUT2D eigenvalue weighted by atomic mass is 9.73. The second kappa shape index (κ2) is 10.2. The van der Waals surface area contributed by atoms with E-state index in [0.29, 0.717) is 13.0 Å². The van der Waals surface area contributed by atoms with Crippen LogP contribution in [-0.4, -0.2) is 64.5 Å². The highest BCUT2D eigenvalue weighted by Gasteiger charge is 2.37. The van der Waals surface area contributed by atoms with Gasteiger partial charge in [0.1, 0.15) is 5.75 Å². The van der Waals surface area contributed by atoms with E-state index in [0.717, 1.165) is 63.9 Å². The molecule has 172 valence electrons. The minimum absolute atomic E-state index is 0.0126. The zero-order chi connectivity index (χ0) is 22.4. The monoisotopic (exact) mass is 438 g/mol. The Balaban J connectivity index is 1.37. The minimum Gasteiger partial charge on any atom is -0.483 e. The molecule has 0 atom stereocenters. The largest absolute Gasteiger partial charge is 0.483 e. The Labute approximate surface area is 190 Å². The van der Waals surface area contributed by atoms with Crippen LogP contribution in [0.4, 0.5) is 0 Å². The van der Waals surface area contributed by atoms with Crippen LogP contribution >= 0.6 is 0 Å². The van der Waals surface area contributed by atoms with Gasteiger partial charge in [0.05, 0.1) is 6.33 Å². The number of carbonyl (C=O) groups is 2. The van der Waals surface area contributed by atoms with Crippen molar-refractivity contribution < 1.29 is 14.3 Å². The first-order valence-electron chi connectivity index (χ1n) is 11.7. The second-order valence-electron chi connectivity index (χ2n) is 9.28. The van der Waals surface area contributed by atoms with Gasteiger partial charge in [-0.2, -0.15) is 0 Å². The van der Waals surface area contributed by atoms with Gasteiger partial charge in [0.2, 0.25) is 5.91 Å². The van der Waals surface area contributed by atoms with E-state index in [1.807, 2.05) is 45.8 Å². The molecule has 32 heavy (non-hydrogen) atoms. The van der Waals surface area contributed by atoms with Gasteiger partial charge in [-0.1, -0.05) is 24.6 Å². The molecule has 2 aromatic rings. The van der Waals surface area contributed by atoms with E-state index in [1.165, 1.54) is 5.56 Å². The normalized spacial score (nSPS) is 19.6. The molecule has 0 saturated carbocycles. The summed E-state index contributed by atoms with van der Waals surface area (Å²) in [5.41, 5.74) is 1.25. The van der Waals surface area contributed by atoms with Crippen LogP contribution in [0.3, 0.4) is 0 Å². The van der Waals surface area contributed by atoms with Crippen LogP contribution in [0.5, 0.6) is 5.75 Å². The molecule has 1 saturated heterocycles. The zero-order valence-corrected chi connectivity index (χ0v) is 19.0. The molecule has 1 aromatic carbocycles. The van der Waals surface area contributed by atoms with Crippen molar-refractivity contribution in [1.82, 2.24) is 19.4 Å². The fourth-order valence-electron chi connectivity index (χ4n) is 5.03. The van der Waals surface area contributed by atoms with Gasteiger partial charge in [-0.15, -0.1) is 0 Å². The van der Waals surface area contributed by atoms with Crippen molar-refractivity contribution in [2.45, 2.75) is 51.5 Å². The summed E-state index contributed by atoms with van der Waals surface area (Å²) in [6, 6.07) is 8.04. The van der Waals surface area contributed by atoms with Crippen LogP contribution in [-0.2, 0) is 22.6 Å². The number of aryl methyl sites for hydroxylation is 2. The van der Waals surface area contributed by atoms with E-state index in [1.54, 1.807) is 12.5 Å². The number of amides is 2. The Hall–Kier alpha value is -2.83. The molecule has 1 aromatic heterocycles. The predicted octanol–water partition coefficient (Wildman–Crippen LogP) is 3.15. The lowest BCUT2D eigenvalue weighted by Crippen LogP contribution is -2.49. The van der Waals surface area contributed by atoms with E-state index >= 15 is 0 Å². The van der Waals surface area contributed by atoms with Crippen LogP contribution in [0.25, 0.3) is 0 Å². The Morgan fingerprint density at radius 3 is 2.75 bits per heavy atom. The van der Waals surface area contributed by atoms with E-state index in [-0.39, 0.29) is 23.8 Å². The third-order valence-corrected chi connectivity index (χ3v) is 7.05. The second-order valence-corrected chi connectivity index (χ2v) is 9.28. The third kappa shape index (κ3) is 5.50. The van der Waals surface area contributed by atoms with Gasteiger partial charge < -0.3 is 19.1 Å². The lowest BCUT2D eigenvalue weighted by Gasteiger charge is -2.44. The average Bonchev–Trinajstić information content (AvgIpc) is 3.33. The number of likely N-dealkylation sites (tertiary alicyclic amines) is 1. The highest BCUT2D eigenvalue weighted by atomic mass is 16.5. The molecule has 7 heteroatoms. The van der Waals surface area contributed by atoms with E-state index < -0.39 is 0 Å². The smallest absolute Gasteiger partial charge is 0.260 e. The van der Waals surface area contributed by atoms with Crippen LogP contribution in [0.1, 0.15) is 44.1 Å². The maximum absolute atomic E-state index is 12.8. The molecule has 4 rings (SSSR count). The predicted molar refractivity (Wildman–Crippen MR) is 122 cm³/mol. The Morgan fingerprint density at radius 2 is 1.97 bits per heavy atom. The maximum atomic E-state index is 12.8. The number of benzene rings is 1.